The number of nitrogens with one attached hydrogen (secondary N) is 1. The number of amidine groups is 1. The molecule has 3 rings (SSSR count). The van der Waals surface area contributed by atoms with Crippen LogP contribution in [0.25, 0.3) is 0 Å². The van der Waals surface area contributed by atoms with Crippen molar-refractivity contribution in [3.8, 4) is 0 Å². The first kappa shape index (κ1) is 18.8. The first-order chi connectivity index (χ1) is 12.6. The van der Waals surface area contributed by atoms with Crippen LogP contribution < -0.4 is 5.32 Å². The Balaban J connectivity index is 1.64. The number of rotatable bonds is 5. The van der Waals surface area contributed by atoms with E-state index in [0.717, 1.165) is 9.35 Å². The van der Waals surface area contributed by atoms with Crippen molar-refractivity contribution in [2.75, 3.05) is 12.4 Å². The van der Waals surface area contributed by atoms with Gasteiger partial charge < -0.3 is 5.32 Å². The Bertz CT molecular complexity index is 850. The number of amides is 2. The SMILES string of the molecule is CN=C1SC(CC(=O)Nc2ccc(Br)cc2)C(=O)N1N=Cc1cccs1. The molecule has 1 atom stereocenters. The number of thiophene rings is 1. The predicted molar refractivity (Wildman–Crippen MR) is 111 cm³/mol. The zero-order chi connectivity index (χ0) is 18.5. The highest BCUT2D eigenvalue weighted by Crippen LogP contribution is 2.30. The molecule has 134 valence electrons. The van der Waals surface area contributed by atoms with Crippen LogP contribution in [0.3, 0.4) is 0 Å². The van der Waals surface area contributed by atoms with Gasteiger partial charge in [0.25, 0.3) is 5.91 Å². The molecule has 0 spiro atoms. The quantitative estimate of drug-likeness (QED) is 0.703. The number of thioether (sulfide) groups is 1. The minimum absolute atomic E-state index is 0.0591. The average Bonchev–Trinajstić information content (AvgIpc) is 3.24. The predicted octanol–water partition coefficient (Wildman–Crippen LogP) is 3.80. The van der Waals surface area contributed by atoms with Crippen molar-refractivity contribution in [1.82, 2.24) is 5.01 Å². The lowest BCUT2D eigenvalue weighted by atomic mass is 10.2. The van der Waals surface area contributed by atoms with Crippen LogP contribution in [0.2, 0.25) is 0 Å². The van der Waals surface area contributed by atoms with Gasteiger partial charge in [0.2, 0.25) is 5.91 Å². The summed E-state index contributed by atoms with van der Waals surface area (Å²) in [6.45, 7) is 0. The van der Waals surface area contributed by atoms with Crippen molar-refractivity contribution in [2.45, 2.75) is 11.7 Å². The van der Waals surface area contributed by atoms with Crippen molar-refractivity contribution >= 4 is 67.9 Å². The third kappa shape index (κ3) is 4.60. The van der Waals surface area contributed by atoms with Crippen LogP contribution in [0.15, 0.2) is 56.3 Å². The first-order valence-corrected chi connectivity index (χ1v) is 10.2. The molecular weight excluding hydrogens is 436 g/mol. The van der Waals surface area contributed by atoms with Crippen LogP contribution in [-0.4, -0.2) is 40.5 Å². The Morgan fingerprint density at radius 1 is 1.35 bits per heavy atom. The lowest BCUT2D eigenvalue weighted by Gasteiger charge is -2.09. The molecule has 1 fully saturated rings. The van der Waals surface area contributed by atoms with Crippen molar-refractivity contribution < 1.29 is 9.59 Å². The highest BCUT2D eigenvalue weighted by molar-refractivity contribution is 9.10. The molecule has 2 amide bonds. The number of carbonyl (C=O) groups excluding carboxylic acids is 2. The summed E-state index contributed by atoms with van der Waals surface area (Å²) in [5.74, 6) is -0.466. The van der Waals surface area contributed by atoms with Gasteiger partial charge in [0.1, 0.15) is 5.25 Å². The van der Waals surface area contributed by atoms with Gasteiger partial charge >= 0.3 is 0 Å². The molecule has 0 aliphatic carbocycles. The molecule has 9 heteroatoms. The standard InChI is InChI=1S/C17H15BrN4O2S2/c1-19-17-22(20-10-13-3-2-8-25-13)16(24)14(26-17)9-15(23)21-12-6-4-11(18)5-7-12/h2-8,10,14H,9H2,1H3,(H,21,23). The van der Waals surface area contributed by atoms with Crippen LogP contribution in [0.4, 0.5) is 5.69 Å². The van der Waals surface area contributed by atoms with Gasteiger partial charge in [-0.15, -0.1) is 11.3 Å². The van der Waals surface area contributed by atoms with Gasteiger partial charge in [-0.05, 0) is 35.7 Å². The number of halogens is 1. The van der Waals surface area contributed by atoms with Gasteiger partial charge in [-0.25, -0.2) is 0 Å². The molecule has 2 heterocycles. The Morgan fingerprint density at radius 2 is 2.12 bits per heavy atom. The maximum atomic E-state index is 12.6. The second-order valence-electron chi connectivity index (χ2n) is 5.28. The van der Waals surface area contributed by atoms with E-state index in [2.05, 4.69) is 31.3 Å². The fourth-order valence-electron chi connectivity index (χ4n) is 2.23. The van der Waals surface area contributed by atoms with E-state index in [4.69, 9.17) is 0 Å². The second-order valence-corrected chi connectivity index (χ2v) is 8.35. The fraction of sp³-hybridized carbons (Fsp3) is 0.176. The maximum absolute atomic E-state index is 12.6. The van der Waals surface area contributed by atoms with Crippen molar-refractivity contribution in [3.63, 3.8) is 0 Å². The zero-order valence-corrected chi connectivity index (χ0v) is 17.0. The minimum Gasteiger partial charge on any atom is -0.326 e. The molecule has 2 aromatic rings. The molecular formula is C17H15BrN4O2S2. The van der Waals surface area contributed by atoms with E-state index in [1.165, 1.54) is 28.1 Å². The molecule has 0 bridgehead atoms. The van der Waals surface area contributed by atoms with Crippen molar-refractivity contribution in [2.24, 2.45) is 10.1 Å². The lowest BCUT2D eigenvalue weighted by Crippen LogP contribution is -2.29. The minimum atomic E-state index is -0.537. The van der Waals surface area contributed by atoms with E-state index < -0.39 is 5.25 Å². The van der Waals surface area contributed by atoms with Gasteiger partial charge in [0.05, 0.1) is 6.21 Å². The lowest BCUT2D eigenvalue weighted by molar-refractivity contribution is -0.128. The number of carbonyl (C=O) groups is 2. The molecule has 0 saturated carbocycles. The van der Waals surface area contributed by atoms with E-state index in [1.54, 1.807) is 25.4 Å². The third-order valence-electron chi connectivity index (χ3n) is 3.45. The van der Waals surface area contributed by atoms with Gasteiger partial charge in [-0.3, -0.25) is 14.6 Å². The molecule has 26 heavy (non-hydrogen) atoms. The summed E-state index contributed by atoms with van der Waals surface area (Å²) in [5, 5.41) is 10.2. The maximum Gasteiger partial charge on any atom is 0.263 e. The van der Waals surface area contributed by atoms with Crippen LogP contribution in [-0.2, 0) is 9.59 Å². The van der Waals surface area contributed by atoms with Crippen LogP contribution in [0.1, 0.15) is 11.3 Å². The Morgan fingerprint density at radius 3 is 2.77 bits per heavy atom. The number of hydrogen-bond donors (Lipinski definition) is 1. The summed E-state index contributed by atoms with van der Waals surface area (Å²) in [5.41, 5.74) is 0.686. The monoisotopic (exact) mass is 450 g/mol. The highest BCUT2D eigenvalue weighted by Gasteiger charge is 2.39. The van der Waals surface area contributed by atoms with Gasteiger partial charge in [0, 0.05) is 28.5 Å². The summed E-state index contributed by atoms with van der Waals surface area (Å²) in [7, 11) is 1.60. The molecule has 1 saturated heterocycles. The molecule has 1 aromatic carbocycles. The summed E-state index contributed by atoms with van der Waals surface area (Å²) in [6, 6.07) is 11.1. The second kappa shape index (κ2) is 8.61. The summed E-state index contributed by atoms with van der Waals surface area (Å²) < 4.78 is 0.931. The summed E-state index contributed by atoms with van der Waals surface area (Å²) in [6.07, 6.45) is 1.68. The smallest absolute Gasteiger partial charge is 0.263 e. The van der Waals surface area contributed by atoms with Crippen LogP contribution in [0.5, 0.6) is 0 Å². The normalized spacial score (nSPS) is 18.8. The highest BCUT2D eigenvalue weighted by atomic mass is 79.9. The number of hydrazone groups is 1. The molecule has 0 radical (unpaired) electrons. The van der Waals surface area contributed by atoms with Gasteiger partial charge in [-0.2, -0.15) is 10.1 Å². The fourth-order valence-corrected chi connectivity index (χ4v) is 4.11. The van der Waals surface area contributed by atoms with Gasteiger partial charge in [-0.1, -0.05) is 33.8 Å². The molecule has 1 aromatic heterocycles. The van der Waals surface area contributed by atoms with E-state index in [0.29, 0.717) is 10.9 Å². The van der Waals surface area contributed by atoms with E-state index >= 15 is 0 Å². The summed E-state index contributed by atoms with van der Waals surface area (Å²) >= 11 is 6.13. The first-order valence-electron chi connectivity index (χ1n) is 7.67. The van der Waals surface area contributed by atoms with E-state index in [-0.39, 0.29) is 18.2 Å². The van der Waals surface area contributed by atoms with E-state index in [9.17, 15) is 9.59 Å². The van der Waals surface area contributed by atoms with E-state index in [1.807, 2.05) is 29.6 Å². The largest absolute Gasteiger partial charge is 0.326 e. The molecule has 1 aliphatic rings. The topological polar surface area (TPSA) is 74.1 Å². The number of anilines is 1. The van der Waals surface area contributed by atoms with Crippen molar-refractivity contribution in [3.05, 3.63) is 51.1 Å². The van der Waals surface area contributed by atoms with Crippen LogP contribution in [0, 0.1) is 0 Å². The van der Waals surface area contributed by atoms with Gasteiger partial charge in [0.15, 0.2) is 5.17 Å². The number of aliphatic imine (C=N–C) groups is 1. The molecule has 6 nitrogen and oxygen atoms in total. The molecule has 1 aliphatic heterocycles. The number of nitrogens with zero attached hydrogens (tertiary/aromatic N) is 3. The molecule has 1 N–H and O–H groups in total. The Kier molecular flexibility index (Phi) is 6.23. The van der Waals surface area contributed by atoms with Crippen molar-refractivity contribution in [1.29, 1.82) is 0 Å². The number of hydrogen-bond acceptors (Lipinski definition) is 6. The third-order valence-corrected chi connectivity index (χ3v) is 6.00. The zero-order valence-electron chi connectivity index (χ0n) is 13.8. The van der Waals surface area contributed by atoms with Crippen LogP contribution >= 0.6 is 39.0 Å². The average molecular weight is 451 g/mol. The Hall–Kier alpha value is -1.97. The Labute approximate surface area is 167 Å². The summed E-state index contributed by atoms with van der Waals surface area (Å²) in [4.78, 5) is 29.9. The number of benzene rings is 1. The molecule has 1 unspecified atom stereocenters.